The van der Waals surface area contributed by atoms with Crippen molar-refractivity contribution < 1.29 is 16.8 Å². The lowest BCUT2D eigenvalue weighted by Crippen LogP contribution is -1.83. The third-order valence-corrected chi connectivity index (χ3v) is 11.1. The average Bonchev–Trinajstić information content (AvgIpc) is 3.43. The van der Waals surface area contributed by atoms with Crippen LogP contribution in [0, 0.1) is 0 Å². The van der Waals surface area contributed by atoms with E-state index < -0.39 is 18.1 Å². The van der Waals surface area contributed by atoms with Crippen molar-refractivity contribution in [1.29, 1.82) is 0 Å². The first kappa shape index (κ1) is 22.0. The highest BCUT2D eigenvalue weighted by Gasteiger charge is 2.14. The van der Waals surface area contributed by atoms with E-state index in [1.54, 1.807) is 34.8 Å². The molecule has 148 valence electrons. The average molecular weight is 530 g/mol. The summed E-state index contributed by atoms with van der Waals surface area (Å²) in [5.41, 5.74) is 2.07. The molecule has 0 unspecified atom stereocenters. The van der Waals surface area contributed by atoms with Crippen LogP contribution in [0.15, 0.2) is 66.3 Å². The highest BCUT2D eigenvalue weighted by Crippen LogP contribution is 2.34. The smallest absolute Gasteiger partial charge is 0.206 e. The Hall–Kier alpha value is -0.720. The summed E-state index contributed by atoms with van der Waals surface area (Å²) < 4.78 is 44.4. The predicted octanol–water partition coefficient (Wildman–Crippen LogP) is 6.81. The Labute approximate surface area is 187 Å². The monoisotopic (exact) mass is 528 g/mol. The molecule has 4 aromatic rings. The number of hydrogen-bond donors (Lipinski definition) is 0. The summed E-state index contributed by atoms with van der Waals surface area (Å²) in [7, 11) is 3.28. The van der Waals surface area contributed by atoms with E-state index in [2.05, 4.69) is 0 Å². The molecular weight excluding hydrogens is 519 g/mol. The number of hydrogen-bond acceptors (Lipinski definition) is 8. The van der Waals surface area contributed by atoms with Gasteiger partial charge in [0.05, 0.1) is 0 Å². The van der Waals surface area contributed by atoms with Crippen LogP contribution in [-0.4, -0.2) is 16.8 Å². The Kier molecular flexibility index (Phi) is 7.04. The van der Waals surface area contributed by atoms with Gasteiger partial charge in [-0.15, -0.1) is 22.7 Å². The van der Waals surface area contributed by atoms with E-state index in [9.17, 15) is 16.8 Å². The fourth-order valence-electron chi connectivity index (χ4n) is 2.02. The zero-order valence-electron chi connectivity index (χ0n) is 13.6. The van der Waals surface area contributed by atoms with Crippen molar-refractivity contribution >= 4 is 84.8 Å². The van der Waals surface area contributed by atoms with Gasteiger partial charge in [0, 0.05) is 42.2 Å². The van der Waals surface area contributed by atoms with Crippen molar-refractivity contribution in [2.45, 2.75) is 8.42 Å². The molecule has 4 aromatic heterocycles. The van der Waals surface area contributed by atoms with Crippen LogP contribution >= 0.6 is 66.7 Å². The maximum absolute atomic E-state index is 11.0. The van der Waals surface area contributed by atoms with Gasteiger partial charge in [0.2, 0.25) is 0 Å². The molecule has 4 rings (SSSR count). The molecule has 0 saturated carbocycles. The maximum atomic E-state index is 11.0. The highest BCUT2D eigenvalue weighted by atomic mass is 35.7. The third-order valence-electron chi connectivity index (χ3n) is 3.25. The van der Waals surface area contributed by atoms with Crippen molar-refractivity contribution in [3.05, 3.63) is 57.9 Å². The van der Waals surface area contributed by atoms with Crippen LogP contribution in [0.5, 0.6) is 0 Å². The molecule has 4 heterocycles. The lowest BCUT2D eigenvalue weighted by atomic mass is 10.3. The second-order valence-electron chi connectivity index (χ2n) is 5.14. The molecule has 0 saturated heterocycles. The van der Waals surface area contributed by atoms with Gasteiger partial charge in [-0.25, -0.2) is 16.8 Å². The molecule has 0 aliphatic carbocycles. The Morgan fingerprint density at radius 1 is 0.607 bits per heavy atom. The quantitative estimate of drug-likeness (QED) is 0.273. The number of rotatable bonds is 4. The van der Waals surface area contributed by atoms with Gasteiger partial charge in [-0.2, -0.15) is 22.7 Å². The topological polar surface area (TPSA) is 68.3 Å². The van der Waals surface area contributed by atoms with Crippen molar-refractivity contribution in [3.8, 4) is 20.9 Å². The minimum Gasteiger partial charge on any atom is -0.206 e. The van der Waals surface area contributed by atoms with Gasteiger partial charge in [0.15, 0.2) is 0 Å². The molecule has 0 fully saturated rings. The number of thiophene rings is 4. The van der Waals surface area contributed by atoms with Gasteiger partial charge < -0.3 is 0 Å². The minimum absolute atomic E-state index is 0.195. The molecule has 0 radical (unpaired) electrons. The second-order valence-corrected chi connectivity index (χ2v) is 14.5. The lowest BCUT2D eigenvalue weighted by Gasteiger charge is -1.88. The van der Waals surface area contributed by atoms with Crippen molar-refractivity contribution in [2.24, 2.45) is 0 Å². The summed E-state index contributed by atoms with van der Waals surface area (Å²) in [6.07, 6.45) is 0. The number of halogens is 2. The van der Waals surface area contributed by atoms with E-state index in [-0.39, 0.29) is 8.42 Å². The SMILES string of the molecule is O=S(=O)(Cl)c1ccc(-c2ccsc2)s1.O=S(=O)(Cl)c1ccc(-c2ccsc2)s1. The molecule has 0 spiro atoms. The summed E-state index contributed by atoms with van der Waals surface area (Å²) in [5.74, 6) is 0. The van der Waals surface area contributed by atoms with Gasteiger partial charge in [-0.05, 0) is 57.9 Å². The molecule has 12 heteroatoms. The Morgan fingerprint density at radius 3 is 1.25 bits per heavy atom. The van der Waals surface area contributed by atoms with E-state index in [1.807, 2.05) is 33.7 Å². The second kappa shape index (κ2) is 8.97. The minimum atomic E-state index is -3.58. The molecular formula is C16H10Cl2O4S6. The van der Waals surface area contributed by atoms with Crippen LogP contribution in [0.1, 0.15) is 0 Å². The third kappa shape index (κ3) is 5.67. The molecule has 0 atom stereocenters. The van der Waals surface area contributed by atoms with Crippen LogP contribution in [0.3, 0.4) is 0 Å². The van der Waals surface area contributed by atoms with Crippen LogP contribution in [0.25, 0.3) is 20.9 Å². The van der Waals surface area contributed by atoms with Crippen LogP contribution < -0.4 is 0 Å². The molecule has 0 amide bonds. The fourth-order valence-corrected chi connectivity index (χ4v) is 7.62. The summed E-state index contributed by atoms with van der Waals surface area (Å²) in [5, 5.41) is 7.83. The summed E-state index contributed by atoms with van der Waals surface area (Å²) in [4.78, 5) is 1.84. The first-order valence-electron chi connectivity index (χ1n) is 7.29. The largest absolute Gasteiger partial charge is 0.270 e. The van der Waals surface area contributed by atoms with Gasteiger partial charge in [0.1, 0.15) is 8.42 Å². The Bertz CT molecular complexity index is 1150. The standard InChI is InChI=1S/2C8H5ClO2S3/c2*9-14(10,11)8-2-1-7(13-8)6-3-4-12-5-6/h2*1-5H. The molecule has 0 aliphatic rings. The zero-order valence-corrected chi connectivity index (χ0v) is 20.0. The van der Waals surface area contributed by atoms with Gasteiger partial charge in [-0.3, -0.25) is 0 Å². The van der Waals surface area contributed by atoms with E-state index in [0.717, 1.165) is 20.9 Å². The van der Waals surface area contributed by atoms with Gasteiger partial charge in [0.25, 0.3) is 18.1 Å². The van der Waals surface area contributed by atoms with Crippen LogP contribution in [0.2, 0.25) is 0 Å². The van der Waals surface area contributed by atoms with Gasteiger partial charge >= 0.3 is 0 Å². The zero-order chi connectivity index (χ0) is 20.4. The predicted molar refractivity (Wildman–Crippen MR) is 121 cm³/mol. The Morgan fingerprint density at radius 2 is 1.00 bits per heavy atom. The molecule has 0 aliphatic heterocycles. The van der Waals surface area contributed by atoms with Crippen molar-refractivity contribution in [3.63, 3.8) is 0 Å². The van der Waals surface area contributed by atoms with E-state index in [0.29, 0.717) is 0 Å². The first-order valence-corrected chi connectivity index (χ1v) is 15.4. The fraction of sp³-hybridized carbons (Fsp3) is 0. The molecule has 0 aromatic carbocycles. The highest BCUT2D eigenvalue weighted by molar-refractivity contribution is 8.15. The molecule has 0 N–H and O–H groups in total. The molecule has 28 heavy (non-hydrogen) atoms. The Balaban J connectivity index is 0.000000161. The summed E-state index contributed by atoms with van der Waals surface area (Å²) in [6.45, 7) is 0. The molecule has 4 nitrogen and oxygen atoms in total. The van der Waals surface area contributed by atoms with Crippen LogP contribution in [0.4, 0.5) is 0 Å². The van der Waals surface area contributed by atoms with Crippen molar-refractivity contribution in [2.75, 3.05) is 0 Å². The molecule has 0 bridgehead atoms. The summed E-state index contributed by atoms with van der Waals surface area (Å²) >= 11 is 5.52. The van der Waals surface area contributed by atoms with E-state index >= 15 is 0 Å². The van der Waals surface area contributed by atoms with Crippen LogP contribution in [-0.2, 0) is 18.1 Å². The first-order chi connectivity index (χ1) is 13.1. The summed E-state index contributed by atoms with van der Waals surface area (Å²) in [6, 6.07) is 10.5. The normalized spacial score (nSPS) is 11.8. The van der Waals surface area contributed by atoms with E-state index in [4.69, 9.17) is 21.4 Å². The van der Waals surface area contributed by atoms with Crippen molar-refractivity contribution in [1.82, 2.24) is 0 Å². The van der Waals surface area contributed by atoms with E-state index in [1.165, 1.54) is 34.8 Å². The van der Waals surface area contributed by atoms with Gasteiger partial charge in [-0.1, -0.05) is 0 Å². The maximum Gasteiger partial charge on any atom is 0.270 e. The lowest BCUT2D eigenvalue weighted by molar-refractivity contribution is 0.609.